The molecular formula is C16H18ClN3O. The van der Waals surface area contributed by atoms with Gasteiger partial charge in [0.05, 0.1) is 18.8 Å². The average Bonchev–Trinajstić information content (AvgIpc) is 2.93. The second kappa shape index (κ2) is 5.13. The first-order chi connectivity index (χ1) is 10.2. The first-order valence-corrected chi connectivity index (χ1v) is 7.72. The van der Waals surface area contributed by atoms with Gasteiger partial charge in [0.15, 0.2) is 0 Å². The first kappa shape index (κ1) is 13.3. The zero-order chi connectivity index (χ0) is 14.4. The van der Waals surface area contributed by atoms with Crippen LogP contribution < -0.4 is 4.90 Å². The molecule has 0 bridgehead atoms. The number of hydrogen-bond donors (Lipinski definition) is 0. The van der Waals surface area contributed by atoms with Crippen molar-refractivity contribution in [3.63, 3.8) is 0 Å². The largest absolute Gasteiger partial charge is 0.373 e. The summed E-state index contributed by atoms with van der Waals surface area (Å²) in [6.45, 7) is 3.65. The quantitative estimate of drug-likeness (QED) is 0.757. The van der Waals surface area contributed by atoms with Crippen molar-refractivity contribution in [2.24, 2.45) is 0 Å². The summed E-state index contributed by atoms with van der Waals surface area (Å²) in [5.41, 5.74) is 0. The SMILES string of the molecule is CN1CCOC2CN(c3cc4ccccc4c(Cl)n3)CC21. The number of anilines is 1. The number of hydrogen-bond acceptors (Lipinski definition) is 4. The maximum Gasteiger partial charge on any atom is 0.139 e. The molecule has 0 aliphatic carbocycles. The summed E-state index contributed by atoms with van der Waals surface area (Å²) in [5, 5.41) is 2.72. The van der Waals surface area contributed by atoms with Crippen LogP contribution >= 0.6 is 11.6 Å². The van der Waals surface area contributed by atoms with E-state index in [9.17, 15) is 0 Å². The van der Waals surface area contributed by atoms with Crippen LogP contribution in [0, 0.1) is 0 Å². The van der Waals surface area contributed by atoms with E-state index < -0.39 is 0 Å². The van der Waals surface area contributed by atoms with Crippen molar-refractivity contribution in [2.75, 3.05) is 38.2 Å². The van der Waals surface area contributed by atoms with Crippen LogP contribution in [0.4, 0.5) is 5.82 Å². The summed E-state index contributed by atoms with van der Waals surface area (Å²) >= 11 is 6.34. The summed E-state index contributed by atoms with van der Waals surface area (Å²) in [7, 11) is 2.17. The van der Waals surface area contributed by atoms with Gasteiger partial charge < -0.3 is 9.64 Å². The van der Waals surface area contributed by atoms with Crippen LogP contribution in [-0.4, -0.2) is 55.3 Å². The van der Waals surface area contributed by atoms with Crippen LogP contribution in [0.25, 0.3) is 10.8 Å². The molecule has 2 aliphatic rings. The third kappa shape index (κ3) is 2.27. The molecule has 0 N–H and O–H groups in total. The maximum atomic E-state index is 6.34. The molecule has 2 atom stereocenters. The summed E-state index contributed by atoms with van der Waals surface area (Å²) in [6.07, 6.45) is 0.274. The van der Waals surface area contributed by atoms with E-state index >= 15 is 0 Å². The minimum Gasteiger partial charge on any atom is -0.373 e. The molecule has 0 amide bonds. The van der Waals surface area contributed by atoms with Gasteiger partial charge in [0.2, 0.25) is 0 Å². The average molecular weight is 304 g/mol. The minimum absolute atomic E-state index is 0.274. The number of benzene rings is 1. The van der Waals surface area contributed by atoms with E-state index in [1.807, 2.05) is 18.2 Å². The van der Waals surface area contributed by atoms with Crippen LogP contribution in [0.5, 0.6) is 0 Å². The highest BCUT2D eigenvalue weighted by Crippen LogP contribution is 2.30. The predicted molar refractivity (Wildman–Crippen MR) is 85.1 cm³/mol. The van der Waals surface area contributed by atoms with E-state index in [0.717, 1.165) is 42.8 Å². The van der Waals surface area contributed by atoms with Crippen molar-refractivity contribution in [3.05, 3.63) is 35.5 Å². The van der Waals surface area contributed by atoms with E-state index in [-0.39, 0.29) is 6.10 Å². The molecule has 4 rings (SSSR count). The Labute approximate surface area is 129 Å². The van der Waals surface area contributed by atoms with Gasteiger partial charge >= 0.3 is 0 Å². The lowest BCUT2D eigenvalue weighted by Crippen LogP contribution is -2.48. The molecule has 5 heteroatoms. The Bertz CT molecular complexity index is 678. The molecule has 3 heterocycles. The summed E-state index contributed by atoms with van der Waals surface area (Å²) in [5.74, 6) is 0.949. The topological polar surface area (TPSA) is 28.6 Å². The number of fused-ring (bicyclic) bond motifs is 2. The fourth-order valence-corrected chi connectivity index (χ4v) is 3.61. The smallest absolute Gasteiger partial charge is 0.139 e. The van der Waals surface area contributed by atoms with Gasteiger partial charge in [-0.15, -0.1) is 0 Å². The first-order valence-electron chi connectivity index (χ1n) is 7.34. The van der Waals surface area contributed by atoms with Crippen LogP contribution in [0.2, 0.25) is 5.15 Å². The normalized spacial score (nSPS) is 26.3. The molecule has 1 aromatic carbocycles. The van der Waals surface area contributed by atoms with Gasteiger partial charge in [-0.3, -0.25) is 4.90 Å². The third-order valence-electron chi connectivity index (χ3n) is 4.58. The van der Waals surface area contributed by atoms with E-state index in [4.69, 9.17) is 16.3 Å². The van der Waals surface area contributed by atoms with Crippen LogP contribution in [0.1, 0.15) is 0 Å². The molecule has 2 saturated heterocycles. The van der Waals surface area contributed by atoms with Gasteiger partial charge in [0.25, 0.3) is 0 Å². The monoisotopic (exact) mass is 303 g/mol. The van der Waals surface area contributed by atoms with Gasteiger partial charge in [0.1, 0.15) is 11.0 Å². The van der Waals surface area contributed by atoms with Gasteiger partial charge in [-0.1, -0.05) is 35.9 Å². The molecule has 0 spiro atoms. The summed E-state index contributed by atoms with van der Waals surface area (Å²) in [6, 6.07) is 10.7. The van der Waals surface area contributed by atoms with Crippen LogP contribution in [0.15, 0.2) is 30.3 Å². The second-order valence-corrected chi connectivity index (χ2v) is 6.21. The standard InChI is InChI=1S/C16H18ClN3O/c1-19-6-7-21-14-10-20(9-13(14)19)15-8-11-4-2-3-5-12(11)16(17)18-15/h2-5,8,13-14H,6-7,9-10H2,1H3. The number of nitrogens with zero attached hydrogens (tertiary/aromatic N) is 3. The predicted octanol–water partition coefficient (Wildman–Crippen LogP) is 2.41. The molecule has 2 fully saturated rings. The molecule has 2 aliphatic heterocycles. The second-order valence-electron chi connectivity index (χ2n) is 5.85. The maximum absolute atomic E-state index is 6.34. The molecule has 0 saturated carbocycles. The zero-order valence-electron chi connectivity index (χ0n) is 12.0. The lowest BCUT2D eigenvalue weighted by Gasteiger charge is -2.33. The Morgan fingerprint density at radius 1 is 1.29 bits per heavy atom. The van der Waals surface area contributed by atoms with Gasteiger partial charge in [0, 0.05) is 25.0 Å². The van der Waals surface area contributed by atoms with Crippen molar-refractivity contribution >= 4 is 28.2 Å². The number of pyridine rings is 1. The Hall–Kier alpha value is -1.36. The van der Waals surface area contributed by atoms with Gasteiger partial charge in [-0.05, 0) is 18.5 Å². The molecule has 1 aromatic heterocycles. The highest BCUT2D eigenvalue weighted by atomic mass is 35.5. The van der Waals surface area contributed by atoms with Gasteiger partial charge in [-0.25, -0.2) is 4.98 Å². The van der Waals surface area contributed by atoms with Crippen molar-refractivity contribution < 1.29 is 4.74 Å². The summed E-state index contributed by atoms with van der Waals surface area (Å²) in [4.78, 5) is 9.26. The van der Waals surface area contributed by atoms with Crippen LogP contribution in [-0.2, 0) is 4.74 Å². The number of rotatable bonds is 1. The Morgan fingerprint density at radius 2 is 2.14 bits per heavy atom. The summed E-state index contributed by atoms with van der Waals surface area (Å²) < 4.78 is 5.90. The highest BCUT2D eigenvalue weighted by molar-refractivity contribution is 6.34. The number of halogens is 1. The molecule has 2 unspecified atom stereocenters. The van der Waals surface area contributed by atoms with Crippen molar-refractivity contribution in [3.8, 4) is 0 Å². The Balaban J connectivity index is 1.68. The van der Waals surface area contributed by atoms with Crippen molar-refractivity contribution in [2.45, 2.75) is 12.1 Å². The fourth-order valence-electron chi connectivity index (χ4n) is 3.35. The minimum atomic E-state index is 0.274. The van der Waals surface area contributed by atoms with E-state index in [1.165, 1.54) is 0 Å². The third-order valence-corrected chi connectivity index (χ3v) is 4.87. The molecule has 110 valence electrons. The molecule has 0 radical (unpaired) electrons. The Kier molecular flexibility index (Phi) is 3.25. The fraction of sp³-hybridized carbons (Fsp3) is 0.438. The van der Waals surface area contributed by atoms with Crippen LogP contribution in [0.3, 0.4) is 0 Å². The van der Waals surface area contributed by atoms with Crippen molar-refractivity contribution in [1.82, 2.24) is 9.88 Å². The molecule has 4 nitrogen and oxygen atoms in total. The molecular weight excluding hydrogens is 286 g/mol. The lowest BCUT2D eigenvalue weighted by atomic mass is 10.1. The number of morpholine rings is 1. The number of likely N-dealkylation sites (N-methyl/N-ethyl adjacent to an activating group) is 1. The Morgan fingerprint density at radius 3 is 3.00 bits per heavy atom. The van der Waals surface area contributed by atoms with E-state index in [2.05, 4.69) is 34.0 Å². The molecule has 21 heavy (non-hydrogen) atoms. The van der Waals surface area contributed by atoms with E-state index in [1.54, 1.807) is 0 Å². The zero-order valence-corrected chi connectivity index (χ0v) is 12.8. The highest BCUT2D eigenvalue weighted by Gasteiger charge is 2.39. The number of aromatic nitrogens is 1. The van der Waals surface area contributed by atoms with E-state index in [0.29, 0.717) is 11.2 Å². The number of ether oxygens (including phenoxy) is 1. The lowest BCUT2D eigenvalue weighted by molar-refractivity contribution is -0.0362. The molecule has 2 aromatic rings. The van der Waals surface area contributed by atoms with Crippen molar-refractivity contribution in [1.29, 1.82) is 0 Å². The van der Waals surface area contributed by atoms with Gasteiger partial charge in [-0.2, -0.15) is 0 Å².